The van der Waals surface area contributed by atoms with Gasteiger partial charge >= 0.3 is 0 Å². The Bertz CT molecular complexity index is 1590. The van der Waals surface area contributed by atoms with Gasteiger partial charge in [0.2, 0.25) is 5.88 Å². The first-order chi connectivity index (χ1) is 16.5. The van der Waals surface area contributed by atoms with Crippen molar-refractivity contribution in [1.29, 1.82) is 0 Å². The summed E-state index contributed by atoms with van der Waals surface area (Å²) in [6.07, 6.45) is 5.34. The van der Waals surface area contributed by atoms with Crippen LogP contribution in [-0.2, 0) is 11.6 Å². The van der Waals surface area contributed by atoms with E-state index in [2.05, 4.69) is 15.3 Å². The minimum Gasteiger partial charge on any atom is -0.437 e. The number of hydrogen-bond acceptors (Lipinski definition) is 6. The summed E-state index contributed by atoms with van der Waals surface area (Å²) in [7, 11) is -0.950. The summed E-state index contributed by atoms with van der Waals surface area (Å²) in [5, 5.41) is 3.58. The van der Waals surface area contributed by atoms with Crippen LogP contribution >= 0.6 is 18.5 Å². The van der Waals surface area contributed by atoms with E-state index in [9.17, 15) is 14.2 Å². The van der Waals surface area contributed by atoms with Crippen LogP contribution in [0.3, 0.4) is 0 Å². The zero-order chi connectivity index (χ0) is 25.1. The highest BCUT2D eigenvalue weighted by Gasteiger charge is 2.29. The molecule has 1 saturated carbocycles. The molecular weight excluding hydrogens is 483 g/mol. The van der Waals surface area contributed by atoms with Crippen LogP contribution in [0.15, 0.2) is 35.4 Å². The Labute approximate surface area is 206 Å². The van der Waals surface area contributed by atoms with Gasteiger partial charge < -0.3 is 24.2 Å². The van der Waals surface area contributed by atoms with Crippen molar-refractivity contribution >= 4 is 39.9 Å². The predicted octanol–water partition coefficient (Wildman–Crippen LogP) is 4.54. The number of carbonyl (C=O) groups is 1. The predicted molar refractivity (Wildman–Crippen MR) is 140 cm³/mol. The molecule has 0 bridgehead atoms. The van der Waals surface area contributed by atoms with E-state index in [0.29, 0.717) is 28.2 Å². The number of hydrogen-bond donors (Lipinski definition) is 2. The molecule has 8 nitrogen and oxygen atoms in total. The zero-order valence-electron chi connectivity index (χ0n) is 20.3. The van der Waals surface area contributed by atoms with Gasteiger partial charge in [0.05, 0.1) is 9.50 Å². The molecule has 4 aromatic rings. The molecule has 1 fully saturated rings. The van der Waals surface area contributed by atoms with Gasteiger partial charge in [0, 0.05) is 47.6 Å². The van der Waals surface area contributed by atoms with Crippen LogP contribution in [0.1, 0.15) is 34.5 Å². The highest BCUT2D eigenvalue weighted by Crippen LogP contribution is 2.49. The lowest BCUT2D eigenvalue weighted by atomic mass is 10.1. The lowest BCUT2D eigenvalue weighted by molar-refractivity contribution is 0.0947. The topological polar surface area (TPSA) is 106 Å². The average molecular weight is 511 g/mol. The first-order valence-electron chi connectivity index (χ1n) is 11.4. The number of carbonyl (C=O) groups excluding carboxylic acids is 1. The maximum absolute atomic E-state index is 13.2. The minimum atomic E-state index is -2.62. The third kappa shape index (κ3) is 4.34. The standard InChI is InChI=1S/C25H27N4O4PS/c1-13-7-6-10-26-23(13)33-20-14(2)25(34(4,5)32)35-21(20)17-12-29(3)24(31)19-16(17)11-18(28-19)22(30)27-15-8-9-15/h6-7,10-12,15,28H,8-9H2,1-5H3,(H,27,30). The van der Waals surface area contributed by atoms with Crippen molar-refractivity contribution in [3.63, 3.8) is 0 Å². The van der Waals surface area contributed by atoms with Gasteiger partial charge in [-0.25, -0.2) is 4.98 Å². The fourth-order valence-corrected chi connectivity index (χ4v) is 7.17. The Kier molecular flexibility index (Phi) is 5.73. The van der Waals surface area contributed by atoms with Gasteiger partial charge in [0.15, 0.2) is 5.75 Å². The molecule has 0 aromatic carbocycles. The summed E-state index contributed by atoms with van der Waals surface area (Å²) in [5.74, 6) is 0.788. The molecule has 5 rings (SSSR count). The lowest BCUT2D eigenvalue weighted by Gasteiger charge is -2.11. The number of ether oxygens (including phenoxy) is 1. The fourth-order valence-electron chi connectivity index (χ4n) is 4.10. The molecule has 0 unspecified atom stereocenters. The Morgan fingerprint density at radius 2 is 2.06 bits per heavy atom. The Hall–Kier alpha value is -3.16. The summed E-state index contributed by atoms with van der Waals surface area (Å²) >= 11 is 1.39. The highest BCUT2D eigenvalue weighted by atomic mass is 32.1. The van der Waals surface area contributed by atoms with Gasteiger partial charge in [0.25, 0.3) is 11.5 Å². The van der Waals surface area contributed by atoms with Crippen molar-refractivity contribution in [2.24, 2.45) is 7.05 Å². The molecule has 182 valence electrons. The molecular formula is C25H27N4O4PS. The molecule has 4 heterocycles. The van der Waals surface area contributed by atoms with Crippen molar-refractivity contribution in [2.75, 3.05) is 13.3 Å². The maximum Gasteiger partial charge on any atom is 0.274 e. The average Bonchev–Trinajstić information content (AvgIpc) is 3.38. The number of amides is 1. The van der Waals surface area contributed by atoms with Crippen molar-refractivity contribution in [3.8, 4) is 22.1 Å². The minimum absolute atomic E-state index is 0.198. The van der Waals surface area contributed by atoms with Crippen LogP contribution in [-0.4, -0.2) is 39.8 Å². The third-order valence-corrected chi connectivity index (χ3v) is 10.1. The van der Waals surface area contributed by atoms with Crippen molar-refractivity contribution < 1.29 is 14.1 Å². The van der Waals surface area contributed by atoms with E-state index in [0.717, 1.165) is 39.0 Å². The number of pyridine rings is 2. The number of rotatable bonds is 6. The molecule has 0 aliphatic heterocycles. The van der Waals surface area contributed by atoms with Gasteiger partial charge in [-0.3, -0.25) is 9.59 Å². The number of aromatic nitrogens is 3. The second kappa shape index (κ2) is 8.50. The van der Waals surface area contributed by atoms with Crippen LogP contribution < -0.4 is 20.2 Å². The molecule has 1 amide bonds. The zero-order valence-corrected chi connectivity index (χ0v) is 22.0. The summed E-state index contributed by atoms with van der Waals surface area (Å²) in [4.78, 5) is 33.8. The summed E-state index contributed by atoms with van der Waals surface area (Å²) in [5.41, 5.74) is 2.82. The molecule has 1 aliphatic carbocycles. The number of nitrogens with zero attached hydrogens (tertiary/aromatic N) is 2. The van der Waals surface area contributed by atoms with Crippen LogP contribution in [0.4, 0.5) is 0 Å². The molecule has 0 radical (unpaired) electrons. The number of nitrogens with one attached hydrogen (secondary N) is 2. The van der Waals surface area contributed by atoms with Crippen LogP contribution in [0.2, 0.25) is 0 Å². The van der Waals surface area contributed by atoms with E-state index < -0.39 is 7.14 Å². The fraction of sp³-hybridized carbons (Fsp3) is 0.320. The van der Waals surface area contributed by atoms with Crippen LogP contribution in [0.5, 0.6) is 11.6 Å². The van der Waals surface area contributed by atoms with Crippen LogP contribution in [0.25, 0.3) is 21.3 Å². The maximum atomic E-state index is 13.2. The Morgan fingerprint density at radius 1 is 1.31 bits per heavy atom. The second-order valence-corrected chi connectivity index (χ2v) is 13.9. The normalized spacial score (nSPS) is 13.9. The highest BCUT2D eigenvalue weighted by molar-refractivity contribution is 7.76. The van der Waals surface area contributed by atoms with Crippen molar-refractivity contribution in [1.82, 2.24) is 19.9 Å². The molecule has 10 heteroatoms. The number of fused-ring (bicyclic) bond motifs is 1. The monoisotopic (exact) mass is 510 g/mol. The largest absolute Gasteiger partial charge is 0.437 e. The summed E-state index contributed by atoms with van der Waals surface area (Å²) in [6.45, 7) is 7.28. The van der Waals surface area contributed by atoms with E-state index in [1.165, 1.54) is 15.9 Å². The van der Waals surface area contributed by atoms with E-state index in [1.54, 1.807) is 38.8 Å². The Morgan fingerprint density at radius 3 is 2.71 bits per heavy atom. The van der Waals surface area contributed by atoms with E-state index in [-0.39, 0.29) is 17.5 Å². The molecule has 2 N–H and O–H groups in total. The van der Waals surface area contributed by atoms with E-state index in [4.69, 9.17) is 4.74 Å². The lowest BCUT2D eigenvalue weighted by Crippen LogP contribution is -2.25. The smallest absolute Gasteiger partial charge is 0.274 e. The quantitative estimate of drug-likeness (QED) is 0.371. The molecule has 1 aliphatic rings. The number of aromatic amines is 1. The number of thiophene rings is 1. The number of aryl methyl sites for hydroxylation is 2. The first kappa shape index (κ1) is 23.6. The van der Waals surface area contributed by atoms with Gasteiger partial charge in [-0.15, -0.1) is 11.3 Å². The van der Waals surface area contributed by atoms with Gasteiger partial charge in [0.1, 0.15) is 18.4 Å². The van der Waals surface area contributed by atoms with Gasteiger partial charge in [-0.2, -0.15) is 0 Å². The first-order valence-corrected chi connectivity index (χ1v) is 14.8. The van der Waals surface area contributed by atoms with E-state index in [1.807, 2.05) is 26.0 Å². The van der Waals surface area contributed by atoms with E-state index >= 15 is 0 Å². The molecule has 0 saturated heterocycles. The molecule has 4 aromatic heterocycles. The van der Waals surface area contributed by atoms with Crippen LogP contribution in [0, 0.1) is 13.8 Å². The third-order valence-electron chi connectivity index (χ3n) is 6.08. The van der Waals surface area contributed by atoms with Gasteiger partial charge in [-0.05, 0) is 52.2 Å². The van der Waals surface area contributed by atoms with Gasteiger partial charge in [-0.1, -0.05) is 6.07 Å². The number of H-pyrrole nitrogens is 1. The summed E-state index contributed by atoms with van der Waals surface area (Å²) in [6, 6.07) is 5.66. The second-order valence-electron chi connectivity index (χ2n) is 9.45. The van der Waals surface area contributed by atoms with Crippen molar-refractivity contribution in [2.45, 2.75) is 32.7 Å². The molecule has 0 spiro atoms. The van der Waals surface area contributed by atoms with Crippen molar-refractivity contribution in [3.05, 3.63) is 57.8 Å². The molecule has 35 heavy (non-hydrogen) atoms. The SMILES string of the molecule is Cc1cccnc1Oc1c(-c2cn(C)c(=O)c3[nH]c(C(=O)NC4CC4)cc23)sc(P(C)(C)=O)c1C. The summed E-state index contributed by atoms with van der Waals surface area (Å²) < 4.78 is 21.7. The molecule has 0 atom stereocenters. The Balaban J connectivity index is 1.74.